The fraction of sp³-hybridized carbons (Fsp3) is 0.125. The first kappa shape index (κ1) is 17.7. The van der Waals surface area contributed by atoms with E-state index in [1.54, 1.807) is 30.3 Å². The van der Waals surface area contributed by atoms with E-state index in [4.69, 9.17) is 16.3 Å². The van der Waals surface area contributed by atoms with Crippen molar-refractivity contribution >= 4 is 54.0 Å². The first-order valence-corrected chi connectivity index (χ1v) is 10.2. The van der Waals surface area contributed by atoms with Crippen molar-refractivity contribution in [3.63, 3.8) is 0 Å². The summed E-state index contributed by atoms with van der Waals surface area (Å²) in [5, 5.41) is 3.42. The van der Waals surface area contributed by atoms with Gasteiger partial charge in [-0.05, 0) is 30.3 Å². The number of carbonyl (C=O) groups is 1. The number of para-hydroxylation sites is 1. The second-order valence-electron chi connectivity index (χ2n) is 5.19. The van der Waals surface area contributed by atoms with E-state index in [1.807, 2.05) is 0 Å². The minimum Gasteiger partial charge on any atom is -0.482 e. The molecule has 3 aromatic rings. The van der Waals surface area contributed by atoms with Crippen LogP contribution in [-0.2, 0) is 14.6 Å². The number of amides is 1. The maximum atomic E-state index is 12.0. The SMILES string of the molecule is CS(=O)(=O)c1ccc2nc(NC(=O)COc3ccccc3Cl)sc2c1. The molecule has 25 heavy (non-hydrogen) atoms. The molecular weight excluding hydrogens is 384 g/mol. The molecular formula is C16H13ClN2O4S2. The van der Waals surface area contributed by atoms with Crippen molar-refractivity contribution in [2.24, 2.45) is 0 Å². The Morgan fingerprint density at radius 1 is 1.28 bits per heavy atom. The van der Waals surface area contributed by atoms with Crippen LogP contribution in [0.2, 0.25) is 5.02 Å². The number of thiazole rings is 1. The number of sulfone groups is 1. The zero-order valence-electron chi connectivity index (χ0n) is 13.0. The highest BCUT2D eigenvalue weighted by molar-refractivity contribution is 7.90. The average Bonchev–Trinajstić information content (AvgIpc) is 2.94. The fourth-order valence-electron chi connectivity index (χ4n) is 2.05. The lowest BCUT2D eigenvalue weighted by Gasteiger charge is -2.06. The average molecular weight is 397 g/mol. The van der Waals surface area contributed by atoms with Crippen molar-refractivity contribution in [1.29, 1.82) is 0 Å². The molecule has 0 bridgehead atoms. The maximum absolute atomic E-state index is 12.0. The van der Waals surface area contributed by atoms with Gasteiger partial charge in [-0.15, -0.1) is 0 Å². The summed E-state index contributed by atoms with van der Waals surface area (Å²) in [7, 11) is -3.29. The van der Waals surface area contributed by atoms with Crippen molar-refractivity contribution in [3.8, 4) is 5.75 Å². The number of nitrogens with zero attached hydrogens (tertiary/aromatic N) is 1. The van der Waals surface area contributed by atoms with Crippen molar-refractivity contribution < 1.29 is 17.9 Å². The van der Waals surface area contributed by atoms with E-state index in [0.29, 0.717) is 26.1 Å². The maximum Gasteiger partial charge on any atom is 0.264 e. The van der Waals surface area contributed by atoms with Gasteiger partial charge in [-0.3, -0.25) is 10.1 Å². The van der Waals surface area contributed by atoms with E-state index in [0.717, 1.165) is 6.26 Å². The summed E-state index contributed by atoms with van der Waals surface area (Å²) in [6, 6.07) is 11.5. The predicted molar refractivity (Wildman–Crippen MR) is 98.3 cm³/mol. The standard InChI is InChI=1S/C16H13ClN2O4S2/c1-25(21,22)10-6-7-12-14(8-10)24-16(18-12)19-15(20)9-23-13-5-3-2-4-11(13)17/h2-8H,9H2,1H3,(H,18,19,20). The van der Waals surface area contributed by atoms with E-state index in [1.165, 1.54) is 23.5 Å². The van der Waals surface area contributed by atoms with Gasteiger partial charge in [0.05, 0.1) is 20.1 Å². The first-order chi connectivity index (χ1) is 11.8. The molecule has 0 unspecified atom stereocenters. The smallest absolute Gasteiger partial charge is 0.264 e. The summed E-state index contributed by atoms with van der Waals surface area (Å²) < 4.78 is 29.2. The molecule has 0 radical (unpaired) electrons. The fourth-order valence-corrected chi connectivity index (χ4v) is 3.88. The number of ether oxygens (including phenoxy) is 1. The van der Waals surface area contributed by atoms with Crippen molar-refractivity contribution in [2.45, 2.75) is 4.90 Å². The highest BCUT2D eigenvalue weighted by Gasteiger charge is 2.12. The highest BCUT2D eigenvalue weighted by atomic mass is 35.5. The van der Waals surface area contributed by atoms with Gasteiger partial charge in [0.25, 0.3) is 5.91 Å². The Kier molecular flexibility index (Phi) is 4.94. The molecule has 9 heteroatoms. The summed E-state index contributed by atoms with van der Waals surface area (Å²) in [6.45, 7) is -0.214. The quantitative estimate of drug-likeness (QED) is 0.714. The molecule has 6 nitrogen and oxygen atoms in total. The van der Waals surface area contributed by atoms with Crippen LogP contribution in [0.3, 0.4) is 0 Å². The number of aromatic nitrogens is 1. The van der Waals surface area contributed by atoms with Gasteiger partial charge in [0.2, 0.25) is 0 Å². The Labute approximate surface area is 153 Å². The Morgan fingerprint density at radius 2 is 2.04 bits per heavy atom. The van der Waals surface area contributed by atoms with E-state index in [-0.39, 0.29) is 17.4 Å². The van der Waals surface area contributed by atoms with Crippen LogP contribution in [0.5, 0.6) is 5.75 Å². The molecule has 0 aliphatic carbocycles. The number of nitrogens with one attached hydrogen (secondary N) is 1. The summed E-state index contributed by atoms with van der Waals surface area (Å²) in [6.07, 6.45) is 1.14. The molecule has 1 N–H and O–H groups in total. The summed E-state index contributed by atoms with van der Waals surface area (Å²) in [5.74, 6) is 0.0312. The number of hydrogen-bond acceptors (Lipinski definition) is 6. The molecule has 0 aliphatic heterocycles. The van der Waals surface area contributed by atoms with Gasteiger partial charge in [0.15, 0.2) is 21.6 Å². The van der Waals surface area contributed by atoms with Crippen LogP contribution in [0, 0.1) is 0 Å². The molecule has 0 spiro atoms. The molecule has 0 atom stereocenters. The molecule has 130 valence electrons. The predicted octanol–water partition coefficient (Wildman–Crippen LogP) is 3.37. The van der Waals surface area contributed by atoms with Crippen LogP contribution in [-0.4, -0.2) is 32.2 Å². The Bertz CT molecular complexity index is 1050. The number of fused-ring (bicyclic) bond motifs is 1. The molecule has 0 fully saturated rings. The van der Waals surface area contributed by atoms with Crippen LogP contribution < -0.4 is 10.1 Å². The van der Waals surface area contributed by atoms with Gasteiger partial charge in [-0.2, -0.15) is 0 Å². The Balaban J connectivity index is 1.70. The van der Waals surface area contributed by atoms with Crippen molar-refractivity contribution in [3.05, 3.63) is 47.5 Å². The van der Waals surface area contributed by atoms with Gasteiger partial charge in [0.1, 0.15) is 5.75 Å². The van der Waals surface area contributed by atoms with Gasteiger partial charge in [-0.25, -0.2) is 13.4 Å². The van der Waals surface area contributed by atoms with Gasteiger partial charge in [0, 0.05) is 6.26 Å². The third kappa shape index (κ3) is 4.28. The van der Waals surface area contributed by atoms with Crippen LogP contribution in [0.15, 0.2) is 47.4 Å². The van der Waals surface area contributed by atoms with E-state index >= 15 is 0 Å². The normalized spacial score (nSPS) is 11.4. The number of benzene rings is 2. The summed E-state index contributed by atoms with van der Waals surface area (Å²) >= 11 is 7.15. The van der Waals surface area contributed by atoms with Crippen LogP contribution >= 0.6 is 22.9 Å². The Morgan fingerprint density at radius 3 is 2.76 bits per heavy atom. The second kappa shape index (κ2) is 6.99. The van der Waals surface area contributed by atoms with Gasteiger partial charge >= 0.3 is 0 Å². The zero-order chi connectivity index (χ0) is 18.0. The Hall–Kier alpha value is -2.16. The van der Waals surface area contributed by atoms with Crippen molar-refractivity contribution in [2.75, 3.05) is 18.2 Å². The van der Waals surface area contributed by atoms with Crippen LogP contribution in [0.25, 0.3) is 10.2 Å². The minimum atomic E-state index is -3.29. The molecule has 1 heterocycles. The molecule has 0 aliphatic rings. The van der Waals surface area contributed by atoms with Crippen LogP contribution in [0.4, 0.5) is 5.13 Å². The van der Waals surface area contributed by atoms with E-state index in [9.17, 15) is 13.2 Å². The highest BCUT2D eigenvalue weighted by Crippen LogP contribution is 2.28. The number of anilines is 1. The zero-order valence-corrected chi connectivity index (χ0v) is 15.4. The van der Waals surface area contributed by atoms with Crippen molar-refractivity contribution in [1.82, 2.24) is 4.98 Å². The van der Waals surface area contributed by atoms with Crippen LogP contribution in [0.1, 0.15) is 0 Å². The number of rotatable bonds is 5. The first-order valence-electron chi connectivity index (χ1n) is 7.11. The molecule has 0 saturated heterocycles. The summed E-state index contributed by atoms with van der Waals surface area (Å²) in [4.78, 5) is 16.5. The molecule has 0 saturated carbocycles. The molecule has 2 aromatic carbocycles. The number of halogens is 1. The lowest BCUT2D eigenvalue weighted by molar-refractivity contribution is -0.118. The number of hydrogen-bond donors (Lipinski definition) is 1. The van der Waals surface area contributed by atoms with Gasteiger partial charge < -0.3 is 4.74 Å². The third-order valence-electron chi connectivity index (χ3n) is 3.23. The third-order valence-corrected chi connectivity index (χ3v) is 5.59. The van der Waals surface area contributed by atoms with E-state index in [2.05, 4.69) is 10.3 Å². The molecule has 1 aromatic heterocycles. The lowest BCUT2D eigenvalue weighted by atomic mass is 10.3. The number of carbonyl (C=O) groups excluding carboxylic acids is 1. The monoisotopic (exact) mass is 396 g/mol. The van der Waals surface area contributed by atoms with Gasteiger partial charge in [-0.1, -0.05) is 35.1 Å². The van der Waals surface area contributed by atoms with E-state index < -0.39 is 9.84 Å². The molecule has 1 amide bonds. The second-order valence-corrected chi connectivity index (χ2v) is 8.64. The summed E-state index contributed by atoms with van der Waals surface area (Å²) in [5.41, 5.74) is 0.611. The lowest BCUT2D eigenvalue weighted by Crippen LogP contribution is -2.20. The topological polar surface area (TPSA) is 85.4 Å². The minimum absolute atomic E-state index is 0.212. The molecule has 3 rings (SSSR count). The largest absolute Gasteiger partial charge is 0.482 e.